The molecule has 0 aliphatic carbocycles. The van der Waals surface area contributed by atoms with Gasteiger partial charge in [0.05, 0.1) is 17.5 Å². The zero-order valence-electron chi connectivity index (χ0n) is 16.7. The molecule has 1 aromatic heterocycles. The highest BCUT2D eigenvalue weighted by molar-refractivity contribution is 7.88. The van der Waals surface area contributed by atoms with Crippen molar-refractivity contribution in [2.24, 2.45) is 0 Å². The van der Waals surface area contributed by atoms with E-state index in [1.165, 1.54) is 10.4 Å². The smallest absolute Gasteiger partial charge is 0.255 e. The molecular formula is C20H24F2N4O3S. The average molecular weight is 439 g/mol. The molecule has 162 valence electrons. The van der Waals surface area contributed by atoms with Gasteiger partial charge in [-0.1, -0.05) is 12.1 Å². The zero-order chi connectivity index (χ0) is 21.5. The first kappa shape index (κ1) is 21.1. The van der Waals surface area contributed by atoms with Gasteiger partial charge in [-0.05, 0) is 32.0 Å². The number of piperidine rings is 1. The Hall–Kier alpha value is -2.17. The maximum Gasteiger partial charge on any atom is 0.255 e. The molecular weight excluding hydrogens is 414 g/mol. The highest BCUT2D eigenvalue weighted by Crippen LogP contribution is 2.27. The van der Waals surface area contributed by atoms with Crippen molar-refractivity contribution < 1.29 is 17.2 Å². The Bertz CT molecular complexity index is 1110. The lowest BCUT2D eigenvalue weighted by Crippen LogP contribution is -2.40. The van der Waals surface area contributed by atoms with Crippen LogP contribution in [0.5, 0.6) is 0 Å². The quantitative estimate of drug-likeness (QED) is 0.786. The van der Waals surface area contributed by atoms with Crippen molar-refractivity contribution >= 4 is 10.0 Å². The van der Waals surface area contributed by atoms with Crippen LogP contribution < -0.4 is 5.56 Å². The second-order valence-electron chi connectivity index (χ2n) is 7.99. The molecule has 0 radical (unpaired) electrons. The Kier molecular flexibility index (Phi) is 5.73. The third kappa shape index (κ3) is 4.30. The molecule has 0 amide bonds. The number of fused-ring (bicyclic) bond motifs is 1. The molecule has 1 fully saturated rings. The van der Waals surface area contributed by atoms with Crippen LogP contribution in [0.4, 0.5) is 8.78 Å². The van der Waals surface area contributed by atoms with E-state index in [0.717, 1.165) is 25.2 Å². The van der Waals surface area contributed by atoms with Gasteiger partial charge in [0.2, 0.25) is 10.0 Å². The lowest BCUT2D eigenvalue weighted by Gasteiger charge is -2.32. The summed E-state index contributed by atoms with van der Waals surface area (Å²) in [6.45, 7) is 2.08. The minimum Gasteiger partial charge on any atom is -0.310 e. The Morgan fingerprint density at radius 1 is 1.20 bits per heavy atom. The van der Waals surface area contributed by atoms with E-state index in [-0.39, 0.29) is 18.0 Å². The van der Waals surface area contributed by atoms with Crippen LogP contribution in [0.25, 0.3) is 0 Å². The van der Waals surface area contributed by atoms with Gasteiger partial charge in [-0.3, -0.25) is 9.69 Å². The number of hydrogen-bond acceptors (Lipinski definition) is 5. The summed E-state index contributed by atoms with van der Waals surface area (Å²) in [5.41, 5.74) is 1.13. The van der Waals surface area contributed by atoms with Crippen LogP contribution in [0.3, 0.4) is 0 Å². The standard InChI is InChI=1S/C20H24F2N4O3S/c1-30(28,29)26-10-7-17-15(12-26)20(27)24-19(23-17)13-5-8-25(9-6-13)11-14-3-2-4-16(21)18(14)22/h2-4,13H,5-12H2,1H3,(H,23,24,27). The summed E-state index contributed by atoms with van der Waals surface area (Å²) in [6.07, 6.45) is 3.04. The molecule has 4 rings (SSSR count). The lowest BCUT2D eigenvalue weighted by atomic mass is 9.95. The van der Waals surface area contributed by atoms with Crippen molar-refractivity contribution in [2.75, 3.05) is 25.9 Å². The number of aromatic amines is 1. The topological polar surface area (TPSA) is 86.4 Å². The maximum atomic E-state index is 13.9. The average Bonchev–Trinajstić information content (AvgIpc) is 2.71. The summed E-state index contributed by atoms with van der Waals surface area (Å²) < 4.78 is 52.1. The monoisotopic (exact) mass is 438 g/mol. The van der Waals surface area contributed by atoms with Crippen LogP contribution in [-0.4, -0.2) is 53.5 Å². The number of likely N-dealkylation sites (tertiary alicyclic amines) is 1. The Balaban J connectivity index is 1.44. The molecule has 1 aromatic carbocycles. The fraction of sp³-hybridized carbons (Fsp3) is 0.500. The second-order valence-corrected chi connectivity index (χ2v) is 9.97. The molecule has 3 heterocycles. The van der Waals surface area contributed by atoms with Gasteiger partial charge in [0.15, 0.2) is 11.6 Å². The molecule has 10 heteroatoms. The van der Waals surface area contributed by atoms with Crippen LogP contribution in [0.15, 0.2) is 23.0 Å². The predicted molar refractivity (Wildman–Crippen MR) is 107 cm³/mol. The Morgan fingerprint density at radius 3 is 2.63 bits per heavy atom. The number of sulfonamides is 1. The van der Waals surface area contributed by atoms with Crippen LogP contribution >= 0.6 is 0 Å². The van der Waals surface area contributed by atoms with Crippen molar-refractivity contribution in [1.29, 1.82) is 0 Å². The molecule has 7 nitrogen and oxygen atoms in total. The summed E-state index contributed by atoms with van der Waals surface area (Å²) in [4.78, 5) is 22.1. The third-order valence-electron chi connectivity index (χ3n) is 5.92. The number of H-pyrrole nitrogens is 1. The van der Waals surface area contributed by atoms with Gasteiger partial charge in [-0.2, -0.15) is 4.31 Å². The van der Waals surface area contributed by atoms with E-state index in [9.17, 15) is 22.0 Å². The van der Waals surface area contributed by atoms with E-state index in [2.05, 4.69) is 14.9 Å². The van der Waals surface area contributed by atoms with Gasteiger partial charge >= 0.3 is 0 Å². The molecule has 2 aromatic rings. The van der Waals surface area contributed by atoms with E-state index >= 15 is 0 Å². The summed E-state index contributed by atoms with van der Waals surface area (Å²) >= 11 is 0. The molecule has 1 saturated heterocycles. The highest BCUT2D eigenvalue weighted by atomic mass is 32.2. The summed E-state index contributed by atoms with van der Waals surface area (Å²) in [5.74, 6) is -0.941. The van der Waals surface area contributed by atoms with Crippen molar-refractivity contribution in [3.8, 4) is 0 Å². The van der Waals surface area contributed by atoms with Crippen LogP contribution in [0.1, 0.15) is 41.4 Å². The summed E-state index contributed by atoms with van der Waals surface area (Å²) in [6, 6.07) is 4.21. The number of rotatable bonds is 4. The molecule has 0 bridgehead atoms. The van der Waals surface area contributed by atoms with Crippen LogP contribution in [0.2, 0.25) is 0 Å². The van der Waals surface area contributed by atoms with Gasteiger partial charge in [0, 0.05) is 37.5 Å². The van der Waals surface area contributed by atoms with Crippen LogP contribution in [0, 0.1) is 11.6 Å². The summed E-state index contributed by atoms with van der Waals surface area (Å²) in [7, 11) is -3.36. The Morgan fingerprint density at radius 2 is 1.93 bits per heavy atom. The van der Waals surface area contributed by atoms with E-state index in [1.807, 2.05) is 0 Å². The summed E-state index contributed by atoms with van der Waals surface area (Å²) in [5, 5.41) is 0. The predicted octanol–water partition coefficient (Wildman–Crippen LogP) is 1.75. The van der Waals surface area contributed by atoms with E-state index in [1.54, 1.807) is 6.07 Å². The molecule has 30 heavy (non-hydrogen) atoms. The highest BCUT2D eigenvalue weighted by Gasteiger charge is 2.29. The van der Waals surface area contributed by atoms with Crippen molar-refractivity contribution in [3.63, 3.8) is 0 Å². The third-order valence-corrected chi connectivity index (χ3v) is 7.17. The molecule has 1 N–H and O–H groups in total. The minimum atomic E-state index is -3.36. The number of nitrogens with zero attached hydrogens (tertiary/aromatic N) is 3. The SMILES string of the molecule is CS(=O)(=O)N1CCc2nc(C3CCN(Cc4cccc(F)c4F)CC3)[nH]c(=O)c2C1. The van der Waals surface area contributed by atoms with Crippen molar-refractivity contribution in [2.45, 2.75) is 38.3 Å². The molecule has 0 unspecified atom stereocenters. The number of halogens is 2. The molecule has 0 spiro atoms. The van der Waals surface area contributed by atoms with Crippen LogP contribution in [-0.2, 0) is 29.5 Å². The number of benzene rings is 1. The van der Waals surface area contributed by atoms with Gasteiger partial charge in [-0.25, -0.2) is 22.2 Å². The molecule has 0 saturated carbocycles. The minimum absolute atomic E-state index is 0.0500. The second kappa shape index (κ2) is 8.16. The normalized spacial score (nSPS) is 19.0. The van der Waals surface area contributed by atoms with E-state index < -0.39 is 21.7 Å². The van der Waals surface area contributed by atoms with E-state index in [4.69, 9.17) is 0 Å². The van der Waals surface area contributed by atoms with Crippen molar-refractivity contribution in [1.82, 2.24) is 19.2 Å². The van der Waals surface area contributed by atoms with Crippen molar-refractivity contribution in [3.05, 3.63) is 62.8 Å². The first-order valence-electron chi connectivity index (χ1n) is 9.94. The number of aromatic nitrogens is 2. The van der Waals surface area contributed by atoms with E-state index in [0.29, 0.717) is 55.2 Å². The molecule has 2 aliphatic heterocycles. The molecule has 2 aliphatic rings. The van der Waals surface area contributed by atoms with Gasteiger partial charge in [0.25, 0.3) is 5.56 Å². The molecule has 0 atom stereocenters. The largest absolute Gasteiger partial charge is 0.310 e. The van der Waals surface area contributed by atoms with Gasteiger partial charge in [-0.15, -0.1) is 0 Å². The Labute approximate surface area is 173 Å². The van der Waals surface area contributed by atoms with Gasteiger partial charge in [0.1, 0.15) is 5.82 Å². The fourth-order valence-corrected chi connectivity index (χ4v) is 4.96. The van der Waals surface area contributed by atoms with Gasteiger partial charge < -0.3 is 4.98 Å². The number of nitrogens with one attached hydrogen (secondary N) is 1. The first-order valence-corrected chi connectivity index (χ1v) is 11.8. The first-order chi connectivity index (χ1) is 14.2. The number of hydrogen-bond donors (Lipinski definition) is 1. The fourth-order valence-electron chi connectivity index (χ4n) is 4.17. The lowest BCUT2D eigenvalue weighted by molar-refractivity contribution is 0.198. The zero-order valence-corrected chi connectivity index (χ0v) is 17.5. The maximum absolute atomic E-state index is 13.9.